The van der Waals surface area contributed by atoms with Crippen LogP contribution in [0.25, 0.3) is 61.9 Å². The first-order chi connectivity index (χ1) is 30.3. The highest BCUT2D eigenvalue weighted by Crippen LogP contribution is 2.56. The van der Waals surface area contributed by atoms with E-state index in [9.17, 15) is 19.5 Å². The third kappa shape index (κ3) is 9.79. The largest absolute Gasteiger partial charge is 0.462 e. The second kappa shape index (κ2) is 22.2. The van der Waals surface area contributed by atoms with Crippen LogP contribution in [0.5, 0.6) is 0 Å². The van der Waals surface area contributed by atoms with E-state index in [2.05, 4.69) is 27.7 Å². The Morgan fingerprint density at radius 1 is 0.419 bits per heavy atom. The summed E-state index contributed by atoms with van der Waals surface area (Å²) in [6.07, 6.45) is 19.5. The average molecular weight is 883 g/mol. The van der Waals surface area contributed by atoms with E-state index in [1.807, 2.05) is 24.3 Å². The molecular weight excluding hydrogens is 817 g/mol. The summed E-state index contributed by atoms with van der Waals surface area (Å²) in [4.78, 5) is 42.9. The molecule has 0 aliphatic rings. The van der Waals surface area contributed by atoms with Crippen LogP contribution in [-0.2, 0) is 18.9 Å². The quantitative estimate of drug-likeness (QED) is 0.0124. The molecule has 0 spiro atoms. The number of carbonyl (C=O) groups excluding carboxylic acids is 3. The van der Waals surface area contributed by atoms with Gasteiger partial charge in [-0.05, 0) is 49.9 Å². The van der Waals surface area contributed by atoms with Crippen LogP contribution in [0.2, 0.25) is 0 Å². The van der Waals surface area contributed by atoms with E-state index in [-0.39, 0.29) is 0 Å². The zero-order valence-corrected chi connectivity index (χ0v) is 39.1. The summed E-state index contributed by atoms with van der Waals surface area (Å²) in [6, 6.07) is 7.63. The van der Waals surface area contributed by atoms with Gasteiger partial charge in [-0.2, -0.15) is 0 Å². The summed E-state index contributed by atoms with van der Waals surface area (Å²) >= 11 is 3.07. The van der Waals surface area contributed by atoms with Crippen molar-refractivity contribution in [3.05, 3.63) is 46.5 Å². The topological polar surface area (TPSA) is 108 Å². The Balaban J connectivity index is 1.39. The molecule has 0 aliphatic heterocycles. The standard InChI is InChI=1S/C52H66O8S2/c1-5-9-13-17-21-25-57-49(53)33-29-37-43-45-39(61-37)31-35(51(55)59-27-23-19-15-11-7-3)42-36(52(56)60-28-24-20-16-12-8-4)32-40-46(48(42)45)44-38(62-40)30-34(41(33)47(43)44)50(54)58-26-22-18-14-10-6-2/h29-32,49,53H,5-28H2,1-4H3. The van der Waals surface area contributed by atoms with Crippen molar-refractivity contribution in [2.24, 2.45) is 0 Å². The fraction of sp³-hybridized carbons (Fsp3) is 0.558. The second-order valence-corrected chi connectivity index (χ2v) is 19.4. The Bertz CT molecular complexity index is 2510. The van der Waals surface area contributed by atoms with Crippen LogP contribution in [0.3, 0.4) is 0 Å². The monoisotopic (exact) mass is 882 g/mol. The van der Waals surface area contributed by atoms with Crippen molar-refractivity contribution in [1.29, 1.82) is 0 Å². The molecule has 1 unspecified atom stereocenters. The number of unbranched alkanes of at least 4 members (excludes halogenated alkanes) is 16. The Morgan fingerprint density at radius 2 is 0.742 bits per heavy atom. The van der Waals surface area contributed by atoms with Crippen molar-refractivity contribution in [3.63, 3.8) is 0 Å². The molecule has 7 aromatic rings. The minimum atomic E-state index is -1.27. The second-order valence-electron chi connectivity index (χ2n) is 17.2. The third-order valence-electron chi connectivity index (χ3n) is 12.5. The molecule has 8 nitrogen and oxygen atoms in total. The van der Waals surface area contributed by atoms with Gasteiger partial charge >= 0.3 is 17.9 Å². The molecule has 0 radical (unpaired) electrons. The van der Waals surface area contributed by atoms with E-state index in [1.54, 1.807) is 11.3 Å². The normalized spacial score (nSPS) is 12.7. The lowest BCUT2D eigenvalue weighted by molar-refractivity contribution is -0.102. The minimum absolute atomic E-state index is 0.302. The summed E-state index contributed by atoms with van der Waals surface area (Å²) in [5, 5.41) is 18.6. The first kappa shape index (κ1) is 46.2. The molecule has 0 saturated heterocycles. The molecule has 5 aromatic carbocycles. The molecule has 334 valence electrons. The Kier molecular flexibility index (Phi) is 16.5. The molecule has 0 fully saturated rings. The van der Waals surface area contributed by atoms with Crippen LogP contribution >= 0.6 is 22.7 Å². The summed E-state index contributed by atoms with van der Waals surface area (Å²) in [7, 11) is 0. The van der Waals surface area contributed by atoms with Gasteiger partial charge in [-0.25, -0.2) is 14.4 Å². The van der Waals surface area contributed by atoms with Crippen LogP contribution in [-0.4, -0.2) is 49.4 Å². The number of rotatable bonds is 29. The molecule has 0 aliphatic carbocycles. The molecule has 1 atom stereocenters. The van der Waals surface area contributed by atoms with E-state index in [4.69, 9.17) is 18.9 Å². The predicted molar refractivity (Wildman–Crippen MR) is 258 cm³/mol. The zero-order valence-electron chi connectivity index (χ0n) is 37.5. The maximum atomic E-state index is 14.3. The van der Waals surface area contributed by atoms with Crippen LogP contribution in [0.1, 0.15) is 199 Å². The summed E-state index contributed by atoms with van der Waals surface area (Å²) in [6.45, 7) is 10.0. The van der Waals surface area contributed by atoms with E-state index >= 15 is 0 Å². The fourth-order valence-electron chi connectivity index (χ4n) is 9.27. The number of hydrogen-bond donors (Lipinski definition) is 1. The van der Waals surface area contributed by atoms with Gasteiger partial charge in [-0.3, -0.25) is 0 Å². The van der Waals surface area contributed by atoms with E-state index < -0.39 is 24.2 Å². The molecule has 0 saturated carbocycles. The first-order valence-electron chi connectivity index (χ1n) is 23.9. The number of hydrogen-bond acceptors (Lipinski definition) is 10. The van der Waals surface area contributed by atoms with Gasteiger partial charge < -0.3 is 24.1 Å². The molecule has 0 bridgehead atoms. The van der Waals surface area contributed by atoms with Gasteiger partial charge in [-0.1, -0.05) is 130 Å². The highest BCUT2D eigenvalue weighted by molar-refractivity contribution is 7.27. The lowest BCUT2D eigenvalue weighted by Crippen LogP contribution is -2.12. The third-order valence-corrected chi connectivity index (χ3v) is 14.7. The highest BCUT2D eigenvalue weighted by Gasteiger charge is 2.33. The maximum Gasteiger partial charge on any atom is 0.338 e. The van der Waals surface area contributed by atoms with E-state index in [0.717, 1.165) is 173 Å². The Labute approximate surface area is 374 Å². The van der Waals surface area contributed by atoms with Gasteiger partial charge in [0, 0.05) is 67.5 Å². The molecule has 0 amide bonds. The van der Waals surface area contributed by atoms with Crippen molar-refractivity contribution < 1.29 is 38.4 Å². The van der Waals surface area contributed by atoms with Crippen LogP contribution in [0, 0.1) is 0 Å². The smallest absolute Gasteiger partial charge is 0.338 e. The van der Waals surface area contributed by atoms with Gasteiger partial charge in [0.15, 0.2) is 6.29 Å². The van der Waals surface area contributed by atoms with Crippen LogP contribution in [0.15, 0.2) is 24.3 Å². The number of aliphatic hydroxyl groups is 1. The minimum Gasteiger partial charge on any atom is -0.462 e. The zero-order chi connectivity index (χ0) is 43.6. The van der Waals surface area contributed by atoms with Crippen LogP contribution in [0.4, 0.5) is 0 Å². The highest BCUT2D eigenvalue weighted by atomic mass is 32.1. The predicted octanol–water partition coefficient (Wildman–Crippen LogP) is 15.4. The van der Waals surface area contributed by atoms with Crippen LogP contribution < -0.4 is 0 Å². The van der Waals surface area contributed by atoms with Crippen molar-refractivity contribution in [2.75, 3.05) is 26.4 Å². The summed E-state index contributed by atoms with van der Waals surface area (Å²) < 4.78 is 27.7. The Morgan fingerprint density at radius 3 is 1.13 bits per heavy atom. The summed E-state index contributed by atoms with van der Waals surface area (Å²) in [5.74, 6) is -1.33. The average Bonchev–Trinajstić information content (AvgIpc) is 3.85. The number of carbonyl (C=O) groups is 3. The fourth-order valence-corrected chi connectivity index (χ4v) is 11.7. The first-order valence-corrected chi connectivity index (χ1v) is 25.5. The number of aliphatic hydroxyl groups excluding tert-OH is 1. The number of esters is 3. The lowest BCUT2D eigenvalue weighted by atomic mass is 9.84. The number of ether oxygens (including phenoxy) is 4. The molecule has 2 heterocycles. The van der Waals surface area contributed by atoms with Gasteiger partial charge in [0.2, 0.25) is 0 Å². The van der Waals surface area contributed by atoms with Crippen molar-refractivity contribution in [3.8, 4) is 0 Å². The van der Waals surface area contributed by atoms with Gasteiger partial charge in [0.25, 0.3) is 0 Å². The number of benzene rings is 5. The van der Waals surface area contributed by atoms with Gasteiger partial charge in [0.05, 0.1) is 43.1 Å². The maximum absolute atomic E-state index is 14.3. The Hall–Kier alpha value is -3.83. The number of thiophene rings is 2. The molecule has 7 rings (SSSR count). The molecule has 1 N–H and O–H groups in total. The van der Waals surface area contributed by atoms with E-state index in [0.29, 0.717) is 59.5 Å². The van der Waals surface area contributed by atoms with Gasteiger partial charge in [0.1, 0.15) is 0 Å². The molecule has 62 heavy (non-hydrogen) atoms. The van der Waals surface area contributed by atoms with Crippen molar-refractivity contribution in [1.82, 2.24) is 0 Å². The van der Waals surface area contributed by atoms with Crippen molar-refractivity contribution in [2.45, 2.75) is 162 Å². The molecular formula is C52H66O8S2. The lowest BCUT2D eigenvalue weighted by Gasteiger charge is -2.21. The SMILES string of the molecule is CCCCCCCOC(=O)c1cc2sc3cc(C(=O)OCCCCCCC)c4c(C(O)OCCCCCCC)cc5sc6cc(C(=O)OCCCCCCC)c1c1c2c3c4c5c61. The van der Waals surface area contributed by atoms with E-state index in [1.165, 1.54) is 17.8 Å². The molecule has 10 heteroatoms. The van der Waals surface area contributed by atoms with Gasteiger partial charge in [-0.15, -0.1) is 22.7 Å². The van der Waals surface area contributed by atoms with Crippen molar-refractivity contribution >= 4 is 102 Å². The summed E-state index contributed by atoms with van der Waals surface area (Å²) in [5.41, 5.74) is 1.64. The molecule has 2 aromatic heterocycles.